The molecule has 4 saturated carbocycles. The Kier molecular flexibility index (Phi) is 10.4. The van der Waals surface area contributed by atoms with Crippen LogP contribution in [0.15, 0.2) is 12.3 Å². The first-order valence-corrected chi connectivity index (χ1v) is 11.7. The van der Waals surface area contributed by atoms with Crippen molar-refractivity contribution >= 4 is 42.3 Å². The minimum atomic E-state index is -0.0402. The molecule has 0 aromatic carbocycles. The zero-order valence-corrected chi connectivity index (χ0v) is 20.8. The third kappa shape index (κ3) is 6.70. The number of aryl methyl sites for hydroxylation is 1. The van der Waals surface area contributed by atoms with Gasteiger partial charge >= 0.3 is 0 Å². The maximum absolute atomic E-state index is 12.9. The molecular weight excluding hydrogens is 455 g/mol. The zero-order valence-electron chi connectivity index (χ0n) is 18.4. The van der Waals surface area contributed by atoms with E-state index < -0.39 is 0 Å². The van der Waals surface area contributed by atoms with E-state index in [1.807, 2.05) is 13.1 Å². The van der Waals surface area contributed by atoms with Crippen molar-refractivity contribution in [2.24, 2.45) is 23.2 Å². The highest BCUT2D eigenvalue weighted by atomic mass is 35.5. The van der Waals surface area contributed by atoms with Gasteiger partial charge in [-0.25, -0.2) is 0 Å². The molecule has 5 nitrogen and oxygen atoms in total. The zero-order chi connectivity index (χ0) is 20.3. The third-order valence-corrected chi connectivity index (χ3v) is 7.59. The molecule has 3 N–H and O–H groups in total. The SMILES string of the molecule is CNCCNCCCc1cc(C(=O)NCC23CC4CC(CC(C4)C2)C3)c(Cl)cn1.Cl.Cl. The molecule has 4 bridgehead atoms. The average molecular weight is 492 g/mol. The van der Waals surface area contributed by atoms with Crippen molar-refractivity contribution in [3.05, 3.63) is 28.5 Å². The van der Waals surface area contributed by atoms with Crippen molar-refractivity contribution in [3.8, 4) is 0 Å². The summed E-state index contributed by atoms with van der Waals surface area (Å²) in [5.74, 6) is 2.66. The summed E-state index contributed by atoms with van der Waals surface area (Å²) in [5.41, 5.74) is 1.85. The highest BCUT2D eigenvalue weighted by Crippen LogP contribution is 2.59. The second kappa shape index (κ2) is 12.0. The second-order valence-electron chi connectivity index (χ2n) is 9.71. The Hall–Kier alpha value is -0.590. The first-order chi connectivity index (χ1) is 14.1. The Morgan fingerprint density at radius 1 is 1.10 bits per heavy atom. The topological polar surface area (TPSA) is 66.0 Å². The van der Waals surface area contributed by atoms with Crippen LogP contribution >= 0.6 is 36.4 Å². The molecule has 0 atom stereocenters. The summed E-state index contributed by atoms with van der Waals surface area (Å²) in [5, 5.41) is 10.2. The normalized spacial score (nSPS) is 28.0. The molecule has 1 amide bonds. The smallest absolute Gasteiger partial charge is 0.252 e. The number of pyridine rings is 1. The van der Waals surface area contributed by atoms with Crippen molar-refractivity contribution in [1.29, 1.82) is 0 Å². The highest BCUT2D eigenvalue weighted by Gasteiger charge is 2.50. The number of halogens is 3. The molecule has 4 fully saturated rings. The second-order valence-corrected chi connectivity index (χ2v) is 10.1. The minimum absolute atomic E-state index is 0. The molecule has 1 aromatic rings. The average Bonchev–Trinajstić information content (AvgIpc) is 2.69. The number of nitrogens with one attached hydrogen (secondary N) is 3. The number of rotatable bonds is 10. The fourth-order valence-corrected chi connectivity index (χ4v) is 6.58. The van der Waals surface area contributed by atoms with E-state index in [9.17, 15) is 4.79 Å². The van der Waals surface area contributed by atoms with Crippen molar-refractivity contribution in [1.82, 2.24) is 20.9 Å². The van der Waals surface area contributed by atoms with Crippen LogP contribution in [-0.4, -0.2) is 44.1 Å². The van der Waals surface area contributed by atoms with E-state index in [2.05, 4.69) is 20.9 Å². The van der Waals surface area contributed by atoms with Crippen LogP contribution in [0, 0.1) is 23.2 Å². The van der Waals surface area contributed by atoms with E-state index in [1.54, 1.807) is 6.20 Å². The molecule has 31 heavy (non-hydrogen) atoms. The Balaban J connectivity index is 0.00000171. The van der Waals surface area contributed by atoms with Gasteiger partial charge in [-0.3, -0.25) is 9.78 Å². The summed E-state index contributed by atoms with van der Waals surface area (Å²) < 4.78 is 0. The van der Waals surface area contributed by atoms with Gasteiger partial charge in [0.05, 0.1) is 10.6 Å². The lowest BCUT2D eigenvalue weighted by Gasteiger charge is -2.56. The van der Waals surface area contributed by atoms with Crippen LogP contribution in [0.2, 0.25) is 5.02 Å². The monoisotopic (exact) mass is 490 g/mol. The van der Waals surface area contributed by atoms with E-state index in [0.717, 1.165) is 62.5 Å². The summed E-state index contributed by atoms with van der Waals surface area (Å²) in [4.78, 5) is 17.3. The van der Waals surface area contributed by atoms with Crippen LogP contribution in [-0.2, 0) is 6.42 Å². The Labute approximate surface area is 204 Å². The Bertz CT molecular complexity index is 695. The molecule has 0 unspecified atom stereocenters. The number of hydrogen-bond acceptors (Lipinski definition) is 4. The quantitative estimate of drug-likeness (QED) is 0.428. The van der Waals surface area contributed by atoms with Crippen LogP contribution in [0.5, 0.6) is 0 Å². The highest BCUT2D eigenvalue weighted by molar-refractivity contribution is 6.33. The summed E-state index contributed by atoms with van der Waals surface area (Å²) in [7, 11) is 1.95. The molecule has 8 heteroatoms. The van der Waals surface area contributed by atoms with Gasteiger partial charge in [0.25, 0.3) is 5.91 Å². The van der Waals surface area contributed by atoms with Gasteiger partial charge in [0.1, 0.15) is 0 Å². The first kappa shape index (κ1) is 26.7. The fraction of sp³-hybridized carbons (Fsp3) is 0.739. The maximum atomic E-state index is 12.9. The van der Waals surface area contributed by atoms with Crippen LogP contribution in [0.4, 0.5) is 0 Å². The number of carbonyl (C=O) groups is 1. The number of amides is 1. The lowest BCUT2D eigenvalue weighted by molar-refractivity contribution is -0.0503. The van der Waals surface area contributed by atoms with Gasteiger partial charge in [-0.05, 0) is 94.2 Å². The molecule has 4 aliphatic carbocycles. The standard InChI is InChI=1S/C23H35ClN4O.2ClH/c1-25-5-6-26-4-2-3-19-10-20(21(24)14-27-19)22(29)28-15-23-11-16-7-17(12-23)9-18(8-16)13-23;;/h10,14,16-18,25-26H,2-9,11-13,15H2,1H3,(H,28,29);2*1H. The fourth-order valence-electron chi connectivity index (χ4n) is 6.40. The van der Waals surface area contributed by atoms with E-state index >= 15 is 0 Å². The predicted molar refractivity (Wildman–Crippen MR) is 132 cm³/mol. The number of aromatic nitrogens is 1. The van der Waals surface area contributed by atoms with Gasteiger partial charge in [0, 0.05) is 31.5 Å². The first-order valence-electron chi connectivity index (χ1n) is 11.3. The van der Waals surface area contributed by atoms with Gasteiger partial charge in [0.2, 0.25) is 0 Å². The number of carbonyl (C=O) groups excluding carboxylic acids is 1. The lowest BCUT2D eigenvalue weighted by atomic mass is 9.49. The number of likely N-dealkylation sites (N-methyl/N-ethyl adjacent to an activating group) is 1. The van der Waals surface area contributed by atoms with Crippen LogP contribution < -0.4 is 16.0 Å². The summed E-state index contributed by atoms with van der Waals surface area (Å²) in [6.45, 7) is 3.67. The van der Waals surface area contributed by atoms with E-state index in [0.29, 0.717) is 16.0 Å². The third-order valence-electron chi connectivity index (χ3n) is 7.28. The van der Waals surface area contributed by atoms with Gasteiger partial charge in [0.15, 0.2) is 0 Å². The van der Waals surface area contributed by atoms with E-state index in [-0.39, 0.29) is 30.7 Å². The molecule has 0 saturated heterocycles. The minimum Gasteiger partial charge on any atom is -0.351 e. The van der Waals surface area contributed by atoms with E-state index in [4.69, 9.17) is 11.6 Å². The molecule has 1 heterocycles. The predicted octanol–water partition coefficient (Wildman–Crippen LogP) is 4.27. The van der Waals surface area contributed by atoms with Crippen molar-refractivity contribution in [3.63, 3.8) is 0 Å². The van der Waals surface area contributed by atoms with Gasteiger partial charge < -0.3 is 16.0 Å². The largest absolute Gasteiger partial charge is 0.351 e. The molecule has 4 aliphatic rings. The van der Waals surface area contributed by atoms with Crippen molar-refractivity contribution in [2.75, 3.05) is 33.2 Å². The molecule has 176 valence electrons. The number of nitrogens with zero attached hydrogens (tertiary/aromatic N) is 1. The van der Waals surface area contributed by atoms with Gasteiger partial charge in [-0.15, -0.1) is 24.8 Å². The van der Waals surface area contributed by atoms with Crippen LogP contribution in [0.3, 0.4) is 0 Å². The van der Waals surface area contributed by atoms with Crippen LogP contribution in [0.25, 0.3) is 0 Å². The maximum Gasteiger partial charge on any atom is 0.252 e. The Morgan fingerprint density at radius 3 is 2.35 bits per heavy atom. The molecule has 0 aliphatic heterocycles. The summed E-state index contributed by atoms with van der Waals surface area (Å²) >= 11 is 6.32. The van der Waals surface area contributed by atoms with Crippen molar-refractivity contribution in [2.45, 2.75) is 51.4 Å². The molecule has 5 rings (SSSR count). The van der Waals surface area contributed by atoms with Gasteiger partial charge in [-0.1, -0.05) is 11.6 Å². The summed E-state index contributed by atoms with van der Waals surface area (Å²) in [6, 6.07) is 1.88. The van der Waals surface area contributed by atoms with E-state index in [1.165, 1.54) is 38.5 Å². The number of hydrogen-bond donors (Lipinski definition) is 3. The summed E-state index contributed by atoms with van der Waals surface area (Å²) in [6.07, 6.45) is 11.7. The molecule has 0 spiro atoms. The van der Waals surface area contributed by atoms with Crippen LogP contribution in [0.1, 0.15) is 61.0 Å². The molecular formula is C23H37Cl3N4O. The van der Waals surface area contributed by atoms with Crippen molar-refractivity contribution < 1.29 is 4.79 Å². The molecule has 1 aromatic heterocycles. The van der Waals surface area contributed by atoms with Gasteiger partial charge in [-0.2, -0.15) is 0 Å². The Morgan fingerprint density at radius 2 is 1.74 bits per heavy atom. The lowest BCUT2D eigenvalue weighted by Crippen LogP contribution is -2.51. The molecule has 0 radical (unpaired) electrons.